The molecule has 1 aliphatic heterocycles. The minimum Gasteiger partial charge on any atom is -0.388 e. The fourth-order valence-corrected chi connectivity index (χ4v) is 3.98. The van der Waals surface area contributed by atoms with Crippen molar-refractivity contribution in [2.24, 2.45) is 5.41 Å². The number of hydrogen-bond donors (Lipinski definition) is 1. The monoisotopic (exact) mass is 468 g/mol. The molecule has 3 nitrogen and oxygen atoms in total. The maximum Gasteiger partial charge on any atom is 0.149 e. The molecular weight excluding hydrogens is 428 g/mol. The van der Waals surface area contributed by atoms with Gasteiger partial charge in [0.2, 0.25) is 0 Å². The molecule has 1 saturated heterocycles. The van der Waals surface area contributed by atoms with Gasteiger partial charge in [-0.05, 0) is 75.9 Å². The first-order chi connectivity index (χ1) is 15.4. The molecule has 0 aliphatic carbocycles. The fraction of sp³-hybridized carbons (Fsp3) is 0.414. The maximum absolute atomic E-state index is 10.4. The van der Waals surface area contributed by atoms with E-state index in [1.54, 1.807) is 0 Å². The summed E-state index contributed by atoms with van der Waals surface area (Å²) in [5, 5.41) is 3.99. The van der Waals surface area contributed by atoms with E-state index >= 15 is 0 Å². The summed E-state index contributed by atoms with van der Waals surface area (Å²) in [6.45, 7) is 18.9. The number of halogens is 1. The molecule has 1 fully saturated rings. The van der Waals surface area contributed by atoms with Gasteiger partial charge in [-0.2, -0.15) is 0 Å². The number of nitrogens with one attached hydrogen (secondary N) is 1. The van der Waals surface area contributed by atoms with E-state index in [9.17, 15) is 4.79 Å². The van der Waals surface area contributed by atoms with Crippen molar-refractivity contribution in [1.82, 2.24) is 10.2 Å². The van der Waals surface area contributed by atoms with Gasteiger partial charge in [-0.15, -0.1) is 0 Å². The second-order valence-electron chi connectivity index (χ2n) is 9.73. The Kier molecular flexibility index (Phi) is 11.6. The van der Waals surface area contributed by atoms with Crippen LogP contribution in [-0.2, 0) is 4.79 Å². The fourth-order valence-electron chi connectivity index (χ4n) is 3.79. The van der Waals surface area contributed by atoms with Crippen LogP contribution in [0.1, 0.15) is 53.5 Å². The van der Waals surface area contributed by atoms with E-state index < -0.39 is 0 Å². The van der Waals surface area contributed by atoms with E-state index in [0.29, 0.717) is 0 Å². The highest BCUT2D eigenvalue weighted by atomic mass is 35.5. The van der Waals surface area contributed by atoms with Crippen LogP contribution in [0.5, 0.6) is 0 Å². The summed E-state index contributed by atoms with van der Waals surface area (Å²) < 4.78 is 0. The molecule has 1 aliphatic rings. The average Bonchev–Trinajstić information content (AvgIpc) is 2.72. The largest absolute Gasteiger partial charge is 0.388 e. The summed E-state index contributed by atoms with van der Waals surface area (Å²) in [4.78, 5) is 12.8. The van der Waals surface area contributed by atoms with Gasteiger partial charge in [-0.3, -0.25) is 4.79 Å². The Labute approximate surface area is 206 Å². The first kappa shape index (κ1) is 28.7. The molecule has 0 bridgehead atoms. The van der Waals surface area contributed by atoms with Crippen molar-refractivity contribution in [3.63, 3.8) is 0 Å². The topological polar surface area (TPSA) is 32.3 Å². The summed E-state index contributed by atoms with van der Waals surface area (Å²) in [5.41, 5.74) is 7.79. The van der Waals surface area contributed by atoms with Crippen molar-refractivity contribution in [2.45, 2.75) is 48.0 Å². The van der Waals surface area contributed by atoms with E-state index in [-0.39, 0.29) is 5.41 Å². The zero-order chi connectivity index (χ0) is 25.2. The zero-order valence-electron chi connectivity index (χ0n) is 21.7. The molecule has 0 unspecified atom stereocenters. The van der Waals surface area contributed by atoms with Gasteiger partial charge in [0.25, 0.3) is 0 Å². The van der Waals surface area contributed by atoms with Crippen LogP contribution in [0.3, 0.4) is 0 Å². The molecular formula is C29H41ClN2O. The lowest BCUT2D eigenvalue weighted by Crippen LogP contribution is -2.39. The van der Waals surface area contributed by atoms with E-state index in [0.717, 1.165) is 64.4 Å². The van der Waals surface area contributed by atoms with Crippen molar-refractivity contribution >= 4 is 23.6 Å². The molecule has 0 radical (unpaired) electrons. The molecule has 0 saturated carbocycles. The zero-order valence-corrected chi connectivity index (χ0v) is 22.4. The molecule has 2 rings (SSSR count). The number of nitrogens with zero attached hydrogens (tertiary/aromatic N) is 1. The minimum absolute atomic E-state index is 0.194. The molecule has 1 heterocycles. The Hall–Kier alpha value is -2.36. The molecule has 1 aromatic rings. The van der Waals surface area contributed by atoms with Gasteiger partial charge < -0.3 is 10.2 Å². The highest BCUT2D eigenvalue weighted by Gasteiger charge is 2.29. The van der Waals surface area contributed by atoms with E-state index in [1.165, 1.54) is 5.57 Å². The highest BCUT2D eigenvalue weighted by Crippen LogP contribution is 2.34. The molecule has 0 amide bonds. The highest BCUT2D eigenvalue weighted by molar-refractivity contribution is 6.30. The van der Waals surface area contributed by atoms with Crippen LogP contribution < -0.4 is 5.32 Å². The number of benzene rings is 1. The predicted octanol–water partition coefficient (Wildman–Crippen LogP) is 7.23. The number of hydrogen-bond acceptors (Lipinski definition) is 3. The molecule has 1 N–H and O–H groups in total. The molecule has 0 atom stereocenters. The van der Waals surface area contributed by atoms with Crippen LogP contribution in [-0.4, -0.2) is 38.4 Å². The smallest absolute Gasteiger partial charge is 0.149 e. The summed E-state index contributed by atoms with van der Waals surface area (Å²) >= 11 is 6.10. The van der Waals surface area contributed by atoms with Crippen molar-refractivity contribution in [3.8, 4) is 0 Å². The molecule has 33 heavy (non-hydrogen) atoms. The van der Waals surface area contributed by atoms with Crippen molar-refractivity contribution in [2.75, 3.05) is 27.2 Å². The molecule has 180 valence electrons. The van der Waals surface area contributed by atoms with E-state index in [4.69, 9.17) is 11.6 Å². The van der Waals surface area contributed by atoms with Crippen LogP contribution in [0.2, 0.25) is 5.02 Å². The lowest BCUT2D eigenvalue weighted by Gasteiger charge is -2.38. The van der Waals surface area contributed by atoms with E-state index in [2.05, 4.69) is 49.8 Å². The summed E-state index contributed by atoms with van der Waals surface area (Å²) in [5.74, 6) is 0. The van der Waals surface area contributed by atoms with Gasteiger partial charge in [0.15, 0.2) is 0 Å². The predicted molar refractivity (Wildman–Crippen MR) is 145 cm³/mol. The Morgan fingerprint density at radius 3 is 2.30 bits per heavy atom. The summed E-state index contributed by atoms with van der Waals surface area (Å²) in [6.07, 6.45) is 8.22. The Morgan fingerprint density at radius 2 is 1.85 bits per heavy atom. The lowest BCUT2D eigenvalue weighted by atomic mass is 9.78. The van der Waals surface area contributed by atoms with Crippen LogP contribution >= 0.6 is 11.6 Å². The Balaban J connectivity index is 0.000000461. The molecule has 0 spiro atoms. The number of piperidine rings is 1. The lowest BCUT2D eigenvalue weighted by molar-refractivity contribution is -0.104. The number of allylic oxidation sites excluding steroid dienone is 7. The van der Waals surface area contributed by atoms with Crippen LogP contribution in [0, 0.1) is 5.41 Å². The number of carbonyl (C=O) groups is 1. The Morgan fingerprint density at radius 1 is 1.18 bits per heavy atom. The third-order valence-electron chi connectivity index (χ3n) is 5.54. The van der Waals surface area contributed by atoms with E-state index in [1.807, 2.05) is 65.1 Å². The maximum atomic E-state index is 10.4. The summed E-state index contributed by atoms with van der Waals surface area (Å²) in [7, 11) is 4.11. The minimum atomic E-state index is 0.194. The second-order valence-corrected chi connectivity index (χ2v) is 10.2. The van der Waals surface area contributed by atoms with Gasteiger partial charge in [0.05, 0.1) is 0 Å². The number of carbonyl (C=O) groups excluding carboxylic acids is 1. The molecule has 0 aromatic heterocycles. The van der Waals surface area contributed by atoms with Crippen LogP contribution in [0.4, 0.5) is 0 Å². The van der Waals surface area contributed by atoms with Crippen molar-refractivity contribution in [1.29, 1.82) is 0 Å². The van der Waals surface area contributed by atoms with Gasteiger partial charge in [-0.25, -0.2) is 0 Å². The quantitative estimate of drug-likeness (QED) is 0.271. The number of likely N-dealkylation sites (tertiary alicyclic amines) is 1. The second kappa shape index (κ2) is 13.4. The number of aldehydes is 1. The first-order valence-electron chi connectivity index (χ1n) is 11.4. The standard InChI is InChI=1S/C20H27ClN2.C9H14O/c1-15(11-17-9-10-23(5)14-20(17,2)3)12-19(22-4)16-7-6-8-18(21)13-16;1-7(2)5-9(6-10)8(3)4/h6-8,11-13,22H,1,9-10,14H2,2-5H3;5-6H,1-4H3/b17-11+,19-12-;. The normalized spacial score (nSPS) is 16.9. The average molecular weight is 469 g/mol. The SMILES string of the molecule is C=C(/C=C(\NC)c1cccc(Cl)c1)/C=C1\CCN(C)CC1(C)C.CC(C)=CC(C=O)=C(C)C. The first-order valence-corrected chi connectivity index (χ1v) is 11.8. The number of rotatable bonds is 6. The van der Waals surface area contributed by atoms with Crippen LogP contribution in [0.25, 0.3) is 5.70 Å². The molecule has 4 heteroatoms. The molecule has 1 aromatic carbocycles. The van der Waals surface area contributed by atoms with Gasteiger partial charge in [-0.1, -0.05) is 73.0 Å². The third-order valence-corrected chi connectivity index (χ3v) is 5.78. The van der Waals surface area contributed by atoms with Gasteiger partial charge >= 0.3 is 0 Å². The summed E-state index contributed by atoms with van der Waals surface area (Å²) in [6, 6.07) is 7.86. The van der Waals surface area contributed by atoms with Crippen molar-refractivity contribution in [3.05, 3.63) is 87.5 Å². The van der Waals surface area contributed by atoms with Gasteiger partial charge in [0, 0.05) is 36.4 Å². The van der Waals surface area contributed by atoms with Crippen molar-refractivity contribution < 1.29 is 4.79 Å². The third kappa shape index (κ3) is 9.98. The van der Waals surface area contributed by atoms with Gasteiger partial charge in [0.1, 0.15) is 6.29 Å². The Bertz CT molecular complexity index is 956. The van der Waals surface area contributed by atoms with Crippen LogP contribution in [0.15, 0.2) is 76.9 Å².